The molecular weight excluding hydrogens is 472 g/mol. The Morgan fingerprint density at radius 3 is 2.41 bits per heavy atom. The van der Waals surface area contributed by atoms with E-state index in [1.165, 1.54) is 4.90 Å². The molecule has 2 aromatic carbocycles. The minimum Gasteiger partial charge on any atom is -0.507 e. The first-order chi connectivity index (χ1) is 17.8. The van der Waals surface area contributed by atoms with E-state index < -0.39 is 23.7 Å². The number of ether oxygens (including phenoxy) is 2. The number of amides is 1. The Morgan fingerprint density at radius 1 is 1.05 bits per heavy atom. The summed E-state index contributed by atoms with van der Waals surface area (Å²) in [7, 11) is 1.56. The summed E-state index contributed by atoms with van der Waals surface area (Å²) < 4.78 is 10.5. The zero-order valence-electron chi connectivity index (χ0n) is 21.1. The Kier molecular flexibility index (Phi) is 7.38. The van der Waals surface area contributed by atoms with Crippen LogP contribution in [-0.2, 0) is 14.3 Å². The number of benzene rings is 2. The van der Waals surface area contributed by atoms with Crippen molar-refractivity contribution < 1.29 is 29.0 Å². The standard InChI is InChI=1S/C29H28N2O6/c1-5-14-37-29(35)19-9-11-20(12-10-19)31-25(22-8-6-7-13-30-22)24(27(33)28(31)34)26(32)21-15-18(3)23(36-4)16-17(21)2/h6-13,15-16,25,32H,5,14H2,1-4H3/b26-24+. The van der Waals surface area contributed by atoms with Crippen molar-refractivity contribution in [2.24, 2.45) is 0 Å². The van der Waals surface area contributed by atoms with E-state index in [2.05, 4.69) is 4.98 Å². The number of carbonyl (C=O) groups excluding carboxylic acids is 3. The molecule has 0 radical (unpaired) electrons. The van der Waals surface area contributed by atoms with Crippen LogP contribution in [-0.4, -0.2) is 41.5 Å². The third-order valence-electron chi connectivity index (χ3n) is 6.23. The maximum Gasteiger partial charge on any atom is 0.338 e. The van der Waals surface area contributed by atoms with E-state index in [0.717, 1.165) is 5.56 Å². The molecular formula is C29H28N2O6. The van der Waals surface area contributed by atoms with Crippen LogP contribution >= 0.6 is 0 Å². The number of aliphatic hydroxyl groups is 1. The van der Waals surface area contributed by atoms with Crippen molar-refractivity contribution in [3.8, 4) is 5.75 Å². The molecule has 37 heavy (non-hydrogen) atoms. The lowest BCUT2D eigenvalue weighted by molar-refractivity contribution is -0.132. The zero-order valence-corrected chi connectivity index (χ0v) is 21.1. The number of methoxy groups -OCH3 is 1. The van der Waals surface area contributed by atoms with E-state index in [1.807, 2.05) is 13.8 Å². The summed E-state index contributed by atoms with van der Waals surface area (Å²) in [5.41, 5.74) is 2.93. The van der Waals surface area contributed by atoms with Gasteiger partial charge in [-0.2, -0.15) is 0 Å². The maximum absolute atomic E-state index is 13.4. The SMILES string of the molecule is CCCOC(=O)c1ccc(N2C(=O)C(=O)/C(=C(/O)c3cc(C)c(OC)cc3C)C2c2ccccn2)cc1. The van der Waals surface area contributed by atoms with Gasteiger partial charge in [0.2, 0.25) is 0 Å². The van der Waals surface area contributed by atoms with Crippen LogP contribution in [0.3, 0.4) is 0 Å². The average Bonchev–Trinajstić information content (AvgIpc) is 3.18. The molecule has 8 nitrogen and oxygen atoms in total. The molecule has 1 fully saturated rings. The van der Waals surface area contributed by atoms with Gasteiger partial charge in [0.1, 0.15) is 17.6 Å². The molecule has 0 saturated carbocycles. The summed E-state index contributed by atoms with van der Waals surface area (Å²) in [6.45, 7) is 5.83. The van der Waals surface area contributed by atoms with Crippen molar-refractivity contribution in [3.05, 3.63) is 94.3 Å². The van der Waals surface area contributed by atoms with Crippen LogP contribution in [0.15, 0.2) is 66.4 Å². The predicted octanol–water partition coefficient (Wildman–Crippen LogP) is 4.90. The molecule has 0 aliphatic carbocycles. The minimum absolute atomic E-state index is 0.0669. The van der Waals surface area contributed by atoms with E-state index in [0.29, 0.717) is 46.8 Å². The Hall–Kier alpha value is -4.46. The molecule has 1 atom stereocenters. The van der Waals surface area contributed by atoms with E-state index in [-0.39, 0.29) is 11.3 Å². The number of esters is 1. The van der Waals surface area contributed by atoms with E-state index >= 15 is 0 Å². The number of anilines is 1. The maximum atomic E-state index is 13.4. The summed E-state index contributed by atoms with van der Waals surface area (Å²) in [6.07, 6.45) is 2.26. The van der Waals surface area contributed by atoms with Crippen LogP contribution in [0.25, 0.3) is 5.76 Å². The summed E-state index contributed by atoms with van der Waals surface area (Å²) in [6, 6.07) is 13.9. The van der Waals surface area contributed by atoms with Crippen molar-refractivity contribution in [1.82, 2.24) is 4.98 Å². The lowest BCUT2D eigenvalue weighted by Crippen LogP contribution is -2.29. The fourth-order valence-corrected chi connectivity index (χ4v) is 4.36. The Labute approximate surface area is 215 Å². The second kappa shape index (κ2) is 10.7. The molecule has 1 aromatic heterocycles. The number of hydrogen-bond acceptors (Lipinski definition) is 7. The zero-order chi connectivity index (χ0) is 26.7. The minimum atomic E-state index is -0.971. The van der Waals surface area contributed by atoms with E-state index in [1.54, 1.807) is 74.8 Å². The highest BCUT2D eigenvalue weighted by Gasteiger charge is 2.47. The van der Waals surface area contributed by atoms with Gasteiger partial charge in [0.25, 0.3) is 11.7 Å². The van der Waals surface area contributed by atoms with Crippen molar-refractivity contribution >= 4 is 29.1 Å². The number of rotatable bonds is 7. The van der Waals surface area contributed by atoms with Gasteiger partial charge in [0, 0.05) is 17.4 Å². The van der Waals surface area contributed by atoms with E-state index in [9.17, 15) is 19.5 Å². The van der Waals surface area contributed by atoms with Gasteiger partial charge >= 0.3 is 5.97 Å². The molecule has 1 saturated heterocycles. The molecule has 3 aromatic rings. The number of hydrogen-bond donors (Lipinski definition) is 1. The van der Waals surface area contributed by atoms with Gasteiger partial charge in [-0.05, 0) is 79.9 Å². The fraction of sp³-hybridized carbons (Fsp3) is 0.241. The lowest BCUT2D eigenvalue weighted by Gasteiger charge is -2.25. The van der Waals surface area contributed by atoms with Crippen molar-refractivity contribution in [1.29, 1.82) is 0 Å². The van der Waals surface area contributed by atoms with Gasteiger partial charge in [-0.15, -0.1) is 0 Å². The van der Waals surface area contributed by atoms with E-state index in [4.69, 9.17) is 9.47 Å². The topological polar surface area (TPSA) is 106 Å². The number of ketones is 1. The number of nitrogens with zero attached hydrogens (tertiary/aromatic N) is 2. The highest BCUT2D eigenvalue weighted by atomic mass is 16.5. The highest BCUT2D eigenvalue weighted by molar-refractivity contribution is 6.51. The van der Waals surface area contributed by atoms with Gasteiger partial charge in [-0.1, -0.05) is 13.0 Å². The normalized spacial score (nSPS) is 16.6. The van der Waals surface area contributed by atoms with Crippen LogP contribution in [0.4, 0.5) is 5.69 Å². The first-order valence-electron chi connectivity index (χ1n) is 11.9. The number of aromatic nitrogens is 1. The molecule has 190 valence electrons. The Morgan fingerprint density at radius 2 is 1.78 bits per heavy atom. The molecule has 4 rings (SSSR count). The van der Waals surface area contributed by atoms with Gasteiger partial charge in [-0.25, -0.2) is 4.79 Å². The molecule has 0 spiro atoms. The largest absolute Gasteiger partial charge is 0.507 e. The predicted molar refractivity (Wildman–Crippen MR) is 139 cm³/mol. The lowest BCUT2D eigenvalue weighted by atomic mass is 9.95. The summed E-state index contributed by atoms with van der Waals surface area (Å²) in [5.74, 6) is -1.75. The fourth-order valence-electron chi connectivity index (χ4n) is 4.36. The quantitative estimate of drug-likeness (QED) is 0.213. The van der Waals surface area contributed by atoms with Gasteiger partial charge < -0.3 is 14.6 Å². The van der Waals surface area contributed by atoms with Crippen LogP contribution in [0.1, 0.15) is 52.1 Å². The van der Waals surface area contributed by atoms with Crippen LogP contribution in [0.2, 0.25) is 0 Å². The second-order valence-electron chi connectivity index (χ2n) is 8.74. The smallest absolute Gasteiger partial charge is 0.338 e. The number of pyridine rings is 1. The first kappa shape index (κ1) is 25.6. The summed E-state index contributed by atoms with van der Waals surface area (Å²) in [5, 5.41) is 11.4. The van der Waals surface area contributed by atoms with Gasteiger partial charge in [0.15, 0.2) is 0 Å². The summed E-state index contributed by atoms with van der Waals surface area (Å²) in [4.78, 5) is 44.6. The van der Waals surface area contributed by atoms with Crippen molar-refractivity contribution in [3.63, 3.8) is 0 Å². The average molecular weight is 501 g/mol. The first-order valence-corrected chi connectivity index (χ1v) is 11.9. The molecule has 1 aliphatic heterocycles. The van der Waals surface area contributed by atoms with Crippen LogP contribution in [0, 0.1) is 13.8 Å². The van der Waals surface area contributed by atoms with Crippen LogP contribution in [0.5, 0.6) is 5.75 Å². The molecule has 1 N–H and O–H groups in total. The van der Waals surface area contributed by atoms with Gasteiger partial charge in [-0.3, -0.25) is 19.5 Å². The number of Topliss-reactive ketones (excluding diaryl/α,β-unsaturated/α-hetero) is 1. The monoisotopic (exact) mass is 500 g/mol. The molecule has 1 amide bonds. The van der Waals surface area contributed by atoms with Gasteiger partial charge in [0.05, 0.1) is 30.5 Å². The highest BCUT2D eigenvalue weighted by Crippen LogP contribution is 2.42. The molecule has 0 bridgehead atoms. The third kappa shape index (κ3) is 4.82. The molecule has 2 heterocycles. The number of aryl methyl sites for hydroxylation is 2. The molecule has 1 unspecified atom stereocenters. The number of aliphatic hydroxyl groups excluding tert-OH is 1. The number of carbonyl (C=O) groups is 3. The Balaban J connectivity index is 1.84. The summed E-state index contributed by atoms with van der Waals surface area (Å²) >= 11 is 0. The van der Waals surface area contributed by atoms with Crippen molar-refractivity contribution in [2.75, 3.05) is 18.6 Å². The van der Waals surface area contributed by atoms with Crippen molar-refractivity contribution in [2.45, 2.75) is 33.2 Å². The third-order valence-corrected chi connectivity index (χ3v) is 6.23. The molecule has 1 aliphatic rings. The second-order valence-corrected chi connectivity index (χ2v) is 8.74. The molecule has 8 heteroatoms. The van der Waals surface area contributed by atoms with Crippen LogP contribution < -0.4 is 9.64 Å². The Bertz CT molecular complexity index is 1380.